The van der Waals surface area contributed by atoms with Gasteiger partial charge < -0.3 is 18.6 Å². The van der Waals surface area contributed by atoms with Crippen LogP contribution in [0, 0.1) is 0 Å². The van der Waals surface area contributed by atoms with Crippen LogP contribution in [0.3, 0.4) is 0 Å². The highest BCUT2D eigenvalue weighted by Gasteiger charge is 2.20. The zero-order chi connectivity index (χ0) is 22.5. The number of ether oxygens (including phenoxy) is 3. The fraction of sp³-hybridized carbons (Fsp3) is 0.320. The molecule has 0 unspecified atom stereocenters. The molecule has 6 nitrogen and oxygen atoms in total. The number of nitrogens with zero attached hydrogens (tertiary/aromatic N) is 2. The number of aromatic nitrogens is 1. The summed E-state index contributed by atoms with van der Waals surface area (Å²) in [5.41, 5.74) is 3.57. The number of halogens is 1. The summed E-state index contributed by atoms with van der Waals surface area (Å²) in [6, 6.07) is 13.3. The Hall–Kier alpha value is -2.80. The SMILES string of the molecule is C=C(C)c1ccc(OCc2oc(-c3ccc(OC)cc3)nc2CN2CCOCC2)cc1Cl. The average molecular weight is 455 g/mol. The summed E-state index contributed by atoms with van der Waals surface area (Å²) in [4.78, 5) is 7.10. The first-order valence-corrected chi connectivity index (χ1v) is 10.9. The standard InChI is InChI=1S/C25H27ClN2O4/c1-17(2)21-9-8-20(14-22(21)26)31-16-24-23(15-28-10-12-30-13-11-28)27-25(32-24)18-4-6-19(29-3)7-5-18/h4-9,14H,1,10-13,15-16H2,2-3H3. The topological polar surface area (TPSA) is 57.0 Å². The normalized spacial score (nSPS) is 14.3. The molecule has 7 heteroatoms. The van der Waals surface area contributed by atoms with Gasteiger partial charge in [0, 0.05) is 25.2 Å². The van der Waals surface area contributed by atoms with E-state index in [1.165, 1.54) is 0 Å². The van der Waals surface area contributed by atoms with Crippen LogP contribution in [-0.2, 0) is 17.9 Å². The first kappa shape index (κ1) is 22.4. The molecule has 32 heavy (non-hydrogen) atoms. The lowest BCUT2D eigenvalue weighted by atomic mass is 10.1. The number of rotatable bonds is 8. The van der Waals surface area contributed by atoms with Gasteiger partial charge in [0.15, 0.2) is 5.76 Å². The molecule has 0 aliphatic carbocycles. The molecular weight excluding hydrogens is 428 g/mol. The Labute approximate surface area is 193 Å². The van der Waals surface area contributed by atoms with Gasteiger partial charge in [-0.3, -0.25) is 4.90 Å². The zero-order valence-electron chi connectivity index (χ0n) is 18.4. The minimum absolute atomic E-state index is 0.256. The number of hydrogen-bond acceptors (Lipinski definition) is 6. The summed E-state index contributed by atoms with van der Waals surface area (Å²) in [6.45, 7) is 9.99. The smallest absolute Gasteiger partial charge is 0.226 e. The Morgan fingerprint density at radius 2 is 1.84 bits per heavy atom. The van der Waals surface area contributed by atoms with Gasteiger partial charge in [0.1, 0.15) is 23.8 Å². The largest absolute Gasteiger partial charge is 0.497 e. The Bertz CT molecular complexity index is 1070. The number of methoxy groups -OCH3 is 1. The van der Waals surface area contributed by atoms with E-state index in [0.717, 1.165) is 54.4 Å². The molecule has 0 spiro atoms. The van der Waals surface area contributed by atoms with Crippen molar-refractivity contribution in [2.45, 2.75) is 20.1 Å². The van der Waals surface area contributed by atoms with Crippen LogP contribution in [0.15, 0.2) is 53.5 Å². The van der Waals surface area contributed by atoms with Gasteiger partial charge in [-0.1, -0.05) is 18.2 Å². The second kappa shape index (κ2) is 10.2. The second-order valence-electron chi connectivity index (χ2n) is 7.72. The van der Waals surface area contributed by atoms with Crippen molar-refractivity contribution in [1.82, 2.24) is 9.88 Å². The van der Waals surface area contributed by atoms with Crippen molar-refractivity contribution in [2.75, 3.05) is 33.4 Å². The van der Waals surface area contributed by atoms with E-state index in [4.69, 9.17) is 35.2 Å². The van der Waals surface area contributed by atoms with E-state index in [-0.39, 0.29) is 6.61 Å². The molecule has 0 saturated carbocycles. The van der Waals surface area contributed by atoms with Gasteiger partial charge in [0.05, 0.1) is 25.3 Å². The number of allylic oxidation sites excluding steroid dienone is 1. The predicted molar refractivity (Wildman–Crippen MR) is 125 cm³/mol. The Morgan fingerprint density at radius 3 is 2.50 bits per heavy atom. The molecule has 168 valence electrons. The van der Waals surface area contributed by atoms with Gasteiger partial charge in [-0.15, -0.1) is 0 Å². The quantitative estimate of drug-likeness (QED) is 0.451. The van der Waals surface area contributed by atoms with E-state index in [0.29, 0.717) is 29.0 Å². The molecule has 3 aromatic rings. The molecule has 2 heterocycles. The molecule has 1 aliphatic heterocycles. The maximum Gasteiger partial charge on any atom is 0.226 e. The summed E-state index contributed by atoms with van der Waals surface area (Å²) in [5, 5.41) is 0.611. The fourth-order valence-electron chi connectivity index (χ4n) is 3.53. The van der Waals surface area contributed by atoms with Crippen LogP contribution in [-0.4, -0.2) is 43.3 Å². The molecule has 1 saturated heterocycles. The zero-order valence-corrected chi connectivity index (χ0v) is 19.2. The van der Waals surface area contributed by atoms with E-state index >= 15 is 0 Å². The summed E-state index contributed by atoms with van der Waals surface area (Å²) >= 11 is 6.37. The first-order chi connectivity index (χ1) is 15.5. The molecule has 4 rings (SSSR count). The van der Waals surface area contributed by atoms with E-state index in [1.807, 2.05) is 43.3 Å². The third-order valence-corrected chi connectivity index (χ3v) is 5.68. The molecule has 1 fully saturated rings. The molecule has 2 aromatic carbocycles. The van der Waals surface area contributed by atoms with Crippen LogP contribution in [0.25, 0.3) is 17.0 Å². The van der Waals surface area contributed by atoms with E-state index in [2.05, 4.69) is 11.5 Å². The van der Waals surface area contributed by atoms with Crippen LogP contribution in [0.2, 0.25) is 5.02 Å². The Kier molecular flexibility index (Phi) is 7.15. The molecule has 0 N–H and O–H groups in total. The molecule has 1 aromatic heterocycles. The lowest BCUT2D eigenvalue weighted by molar-refractivity contribution is 0.0333. The third-order valence-electron chi connectivity index (χ3n) is 5.36. The van der Waals surface area contributed by atoms with E-state index in [9.17, 15) is 0 Å². The molecule has 1 aliphatic rings. The Balaban J connectivity index is 1.56. The number of benzene rings is 2. The minimum Gasteiger partial charge on any atom is -0.497 e. The van der Waals surface area contributed by atoms with Crippen LogP contribution in [0.4, 0.5) is 0 Å². The van der Waals surface area contributed by atoms with E-state index in [1.54, 1.807) is 13.2 Å². The summed E-state index contributed by atoms with van der Waals surface area (Å²) < 4.78 is 22.9. The second-order valence-corrected chi connectivity index (χ2v) is 8.12. The first-order valence-electron chi connectivity index (χ1n) is 10.5. The fourth-order valence-corrected chi connectivity index (χ4v) is 3.86. The van der Waals surface area contributed by atoms with Crippen molar-refractivity contribution < 1.29 is 18.6 Å². The lowest BCUT2D eigenvalue weighted by Crippen LogP contribution is -2.36. The number of oxazole rings is 1. The van der Waals surface area contributed by atoms with Crippen molar-refractivity contribution in [1.29, 1.82) is 0 Å². The van der Waals surface area contributed by atoms with Gasteiger partial charge in [0.25, 0.3) is 0 Å². The van der Waals surface area contributed by atoms with Crippen LogP contribution >= 0.6 is 11.6 Å². The van der Waals surface area contributed by atoms with Crippen molar-refractivity contribution in [3.8, 4) is 23.0 Å². The van der Waals surface area contributed by atoms with Gasteiger partial charge in [0.2, 0.25) is 5.89 Å². The highest BCUT2D eigenvalue weighted by molar-refractivity contribution is 6.32. The number of hydrogen-bond donors (Lipinski definition) is 0. The Morgan fingerprint density at radius 1 is 1.12 bits per heavy atom. The molecule has 0 radical (unpaired) electrons. The highest BCUT2D eigenvalue weighted by Crippen LogP contribution is 2.29. The average Bonchev–Trinajstić information content (AvgIpc) is 3.20. The molecule has 0 bridgehead atoms. The third kappa shape index (κ3) is 5.33. The maximum absolute atomic E-state index is 6.37. The van der Waals surface area contributed by atoms with Crippen LogP contribution < -0.4 is 9.47 Å². The molecule has 0 atom stereocenters. The minimum atomic E-state index is 0.256. The van der Waals surface area contributed by atoms with Crippen molar-refractivity contribution in [2.24, 2.45) is 0 Å². The summed E-state index contributed by atoms with van der Waals surface area (Å²) in [5.74, 6) is 2.71. The van der Waals surface area contributed by atoms with Gasteiger partial charge in [-0.25, -0.2) is 4.98 Å². The van der Waals surface area contributed by atoms with Crippen molar-refractivity contribution in [3.63, 3.8) is 0 Å². The maximum atomic E-state index is 6.37. The van der Waals surface area contributed by atoms with Crippen molar-refractivity contribution in [3.05, 3.63) is 71.1 Å². The van der Waals surface area contributed by atoms with E-state index < -0.39 is 0 Å². The van der Waals surface area contributed by atoms with Crippen LogP contribution in [0.1, 0.15) is 23.9 Å². The lowest BCUT2D eigenvalue weighted by Gasteiger charge is -2.25. The number of morpholine rings is 1. The van der Waals surface area contributed by atoms with Gasteiger partial charge in [-0.2, -0.15) is 0 Å². The highest BCUT2D eigenvalue weighted by atomic mass is 35.5. The predicted octanol–water partition coefficient (Wildman–Crippen LogP) is 5.45. The molecule has 0 amide bonds. The summed E-state index contributed by atoms with van der Waals surface area (Å²) in [6.07, 6.45) is 0. The van der Waals surface area contributed by atoms with Crippen LogP contribution in [0.5, 0.6) is 11.5 Å². The summed E-state index contributed by atoms with van der Waals surface area (Å²) in [7, 11) is 1.64. The van der Waals surface area contributed by atoms with Gasteiger partial charge >= 0.3 is 0 Å². The van der Waals surface area contributed by atoms with Crippen molar-refractivity contribution >= 4 is 17.2 Å². The monoisotopic (exact) mass is 454 g/mol. The van der Waals surface area contributed by atoms with Gasteiger partial charge in [-0.05, 0) is 60.5 Å². The molecular formula is C25H27ClN2O4.